The van der Waals surface area contributed by atoms with Crippen molar-refractivity contribution in [2.24, 2.45) is 0 Å². The fraction of sp³-hybridized carbons (Fsp3) is 0.412. The second-order valence-electron chi connectivity index (χ2n) is 5.40. The van der Waals surface area contributed by atoms with Crippen LogP contribution in [0.15, 0.2) is 28.8 Å². The molecule has 0 spiro atoms. The number of rotatable bonds is 6. The molecular formula is C17H22N2O3. The monoisotopic (exact) mass is 302 g/mol. The third-order valence-electron chi connectivity index (χ3n) is 3.66. The highest BCUT2D eigenvalue weighted by Crippen LogP contribution is 2.20. The van der Waals surface area contributed by atoms with E-state index in [0.717, 1.165) is 17.7 Å². The zero-order chi connectivity index (χ0) is 16.1. The first-order valence-electron chi connectivity index (χ1n) is 7.47. The Hall–Kier alpha value is -2.30. The van der Waals surface area contributed by atoms with Crippen LogP contribution in [0.2, 0.25) is 0 Å². The third-order valence-corrected chi connectivity index (χ3v) is 3.66. The average Bonchev–Trinajstić information content (AvgIpc) is 2.87. The minimum absolute atomic E-state index is 0.0923. The Bertz CT molecular complexity index is 649. The number of carbonyl (C=O) groups is 1. The summed E-state index contributed by atoms with van der Waals surface area (Å²) in [5.74, 6) is 1.16. The lowest BCUT2D eigenvalue weighted by Gasteiger charge is -2.11. The molecule has 0 radical (unpaired) electrons. The molecule has 1 heterocycles. The lowest BCUT2D eigenvalue weighted by Crippen LogP contribution is -2.32. The molecule has 0 aliphatic heterocycles. The van der Waals surface area contributed by atoms with E-state index in [2.05, 4.69) is 10.5 Å². The van der Waals surface area contributed by atoms with Crippen molar-refractivity contribution < 1.29 is 14.1 Å². The fourth-order valence-electron chi connectivity index (χ4n) is 2.00. The number of para-hydroxylation sites is 1. The molecule has 0 aliphatic carbocycles. The zero-order valence-corrected chi connectivity index (χ0v) is 13.5. The molecule has 2 aromatic rings. The first-order chi connectivity index (χ1) is 10.5. The molecule has 2 rings (SSSR count). The molecule has 0 saturated carbocycles. The first kappa shape index (κ1) is 16.1. The van der Waals surface area contributed by atoms with Gasteiger partial charge in [0.25, 0.3) is 5.91 Å². The minimum Gasteiger partial charge on any atom is -0.488 e. The van der Waals surface area contributed by atoms with Crippen molar-refractivity contribution in [3.63, 3.8) is 0 Å². The van der Waals surface area contributed by atoms with Crippen LogP contribution in [0.1, 0.15) is 47.6 Å². The van der Waals surface area contributed by atoms with Crippen LogP contribution in [-0.4, -0.2) is 17.1 Å². The summed E-state index contributed by atoms with van der Waals surface area (Å²) in [4.78, 5) is 12.2. The van der Waals surface area contributed by atoms with Crippen molar-refractivity contribution in [1.29, 1.82) is 0 Å². The Morgan fingerprint density at radius 2 is 2.09 bits per heavy atom. The molecule has 1 N–H and O–H groups in total. The molecular weight excluding hydrogens is 280 g/mol. The molecule has 1 aromatic carbocycles. The fourth-order valence-corrected chi connectivity index (χ4v) is 2.00. The Morgan fingerprint density at radius 3 is 2.77 bits per heavy atom. The van der Waals surface area contributed by atoms with E-state index < -0.39 is 0 Å². The van der Waals surface area contributed by atoms with Crippen LogP contribution in [0.5, 0.6) is 5.75 Å². The standard InChI is InChI=1S/C17H22N2O3/c1-5-12(3)18-17(20)16-14(13(4)22-19-16)10-21-15-9-7-6-8-11(15)2/h6-9,12H,5,10H2,1-4H3,(H,18,20). The molecule has 5 nitrogen and oxygen atoms in total. The van der Waals surface area contributed by atoms with Gasteiger partial charge in [-0.1, -0.05) is 30.3 Å². The van der Waals surface area contributed by atoms with Crippen LogP contribution in [-0.2, 0) is 6.61 Å². The number of carbonyl (C=O) groups excluding carboxylic acids is 1. The number of aryl methyl sites for hydroxylation is 2. The van der Waals surface area contributed by atoms with Crippen LogP contribution in [0.3, 0.4) is 0 Å². The van der Waals surface area contributed by atoms with E-state index in [1.807, 2.05) is 45.0 Å². The van der Waals surface area contributed by atoms with Gasteiger partial charge in [0.15, 0.2) is 5.69 Å². The number of benzene rings is 1. The predicted octanol–water partition coefficient (Wildman–Crippen LogP) is 3.40. The quantitative estimate of drug-likeness (QED) is 0.888. The predicted molar refractivity (Wildman–Crippen MR) is 84.0 cm³/mol. The van der Waals surface area contributed by atoms with Gasteiger partial charge < -0.3 is 14.6 Å². The highest BCUT2D eigenvalue weighted by Gasteiger charge is 2.21. The van der Waals surface area contributed by atoms with Crippen molar-refractivity contribution in [2.75, 3.05) is 0 Å². The summed E-state index contributed by atoms with van der Waals surface area (Å²) >= 11 is 0. The Labute approximate surface area is 130 Å². The summed E-state index contributed by atoms with van der Waals surface area (Å²) in [5, 5.41) is 6.76. The summed E-state index contributed by atoms with van der Waals surface area (Å²) in [6.45, 7) is 7.98. The number of hydrogen-bond acceptors (Lipinski definition) is 4. The molecule has 1 aromatic heterocycles. The van der Waals surface area contributed by atoms with Crippen LogP contribution < -0.4 is 10.1 Å². The van der Waals surface area contributed by atoms with E-state index in [9.17, 15) is 4.79 Å². The largest absolute Gasteiger partial charge is 0.488 e. The maximum absolute atomic E-state index is 12.2. The van der Waals surface area contributed by atoms with Crippen molar-refractivity contribution in [1.82, 2.24) is 10.5 Å². The molecule has 1 unspecified atom stereocenters. The van der Waals surface area contributed by atoms with Crippen molar-refractivity contribution in [2.45, 2.75) is 46.8 Å². The summed E-state index contributed by atoms with van der Waals surface area (Å²) in [7, 11) is 0. The Balaban J connectivity index is 2.13. The number of amides is 1. The van der Waals surface area contributed by atoms with Crippen LogP contribution in [0.25, 0.3) is 0 Å². The van der Waals surface area contributed by atoms with Gasteiger partial charge in [-0.3, -0.25) is 4.79 Å². The van der Waals surface area contributed by atoms with E-state index in [4.69, 9.17) is 9.26 Å². The molecule has 118 valence electrons. The van der Waals surface area contributed by atoms with Crippen molar-refractivity contribution >= 4 is 5.91 Å². The van der Waals surface area contributed by atoms with Crippen LogP contribution in [0, 0.1) is 13.8 Å². The number of aromatic nitrogens is 1. The highest BCUT2D eigenvalue weighted by molar-refractivity contribution is 5.93. The summed E-state index contributed by atoms with van der Waals surface area (Å²) in [5.41, 5.74) is 2.03. The Kier molecular flexibility index (Phi) is 5.20. The van der Waals surface area contributed by atoms with Gasteiger partial charge in [-0.05, 0) is 38.8 Å². The lowest BCUT2D eigenvalue weighted by atomic mass is 10.1. The molecule has 22 heavy (non-hydrogen) atoms. The molecule has 0 bridgehead atoms. The molecule has 0 fully saturated rings. The maximum atomic E-state index is 12.2. The van der Waals surface area contributed by atoms with E-state index in [1.165, 1.54) is 0 Å². The van der Waals surface area contributed by atoms with Crippen LogP contribution >= 0.6 is 0 Å². The van der Waals surface area contributed by atoms with Gasteiger partial charge in [0.05, 0.1) is 5.56 Å². The molecule has 1 atom stereocenters. The number of hydrogen-bond donors (Lipinski definition) is 1. The molecule has 0 saturated heterocycles. The molecule has 0 aliphatic rings. The Morgan fingerprint density at radius 1 is 1.36 bits per heavy atom. The van der Waals surface area contributed by atoms with Gasteiger partial charge in [-0.25, -0.2) is 0 Å². The summed E-state index contributed by atoms with van der Waals surface area (Å²) in [6, 6.07) is 7.84. The van der Waals surface area contributed by atoms with Gasteiger partial charge >= 0.3 is 0 Å². The van der Waals surface area contributed by atoms with Crippen molar-refractivity contribution in [3.05, 3.63) is 46.8 Å². The van der Waals surface area contributed by atoms with Crippen molar-refractivity contribution in [3.8, 4) is 5.75 Å². The van der Waals surface area contributed by atoms with Gasteiger partial charge in [0.1, 0.15) is 18.1 Å². The van der Waals surface area contributed by atoms with Gasteiger partial charge in [0, 0.05) is 6.04 Å². The number of nitrogens with zero attached hydrogens (tertiary/aromatic N) is 1. The van der Waals surface area contributed by atoms with Gasteiger partial charge in [-0.15, -0.1) is 0 Å². The smallest absolute Gasteiger partial charge is 0.274 e. The average molecular weight is 302 g/mol. The van der Waals surface area contributed by atoms with E-state index in [1.54, 1.807) is 6.92 Å². The normalized spacial score (nSPS) is 12.0. The lowest BCUT2D eigenvalue weighted by molar-refractivity contribution is 0.0928. The van der Waals surface area contributed by atoms with E-state index in [0.29, 0.717) is 17.0 Å². The SMILES string of the molecule is CCC(C)NC(=O)c1noc(C)c1COc1ccccc1C. The first-order valence-corrected chi connectivity index (χ1v) is 7.47. The topological polar surface area (TPSA) is 64.4 Å². The molecule has 5 heteroatoms. The highest BCUT2D eigenvalue weighted by atomic mass is 16.5. The number of ether oxygens (including phenoxy) is 1. The number of nitrogens with one attached hydrogen (secondary N) is 1. The third kappa shape index (κ3) is 3.67. The molecule has 1 amide bonds. The van der Waals surface area contributed by atoms with Crippen LogP contribution in [0.4, 0.5) is 0 Å². The van der Waals surface area contributed by atoms with Gasteiger partial charge in [0.2, 0.25) is 0 Å². The summed E-state index contributed by atoms with van der Waals surface area (Å²) < 4.78 is 11.0. The second-order valence-corrected chi connectivity index (χ2v) is 5.40. The maximum Gasteiger partial charge on any atom is 0.274 e. The van der Waals surface area contributed by atoms with Gasteiger partial charge in [-0.2, -0.15) is 0 Å². The summed E-state index contributed by atoms with van der Waals surface area (Å²) in [6.07, 6.45) is 0.859. The second kappa shape index (κ2) is 7.11. The zero-order valence-electron chi connectivity index (χ0n) is 13.5. The van der Waals surface area contributed by atoms with E-state index in [-0.39, 0.29) is 18.6 Å². The van der Waals surface area contributed by atoms with E-state index >= 15 is 0 Å². The minimum atomic E-state index is -0.227.